The van der Waals surface area contributed by atoms with Crippen LogP contribution in [0.3, 0.4) is 0 Å². The van der Waals surface area contributed by atoms with Gasteiger partial charge in [0.15, 0.2) is 14.5 Å². The van der Waals surface area contributed by atoms with Crippen molar-refractivity contribution in [3.05, 3.63) is 34.9 Å². The minimum Gasteiger partial charge on any atom is -0.293 e. The van der Waals surface area contributed by atoms with Gasteiger partial charge in [0.25, 0.3) is 0 Å². The lowest BCUT2D eigenvalue weighted by atomic mass is 10.1. The maximum absolute atomic E-state index is 12.2. The van der Waals surface area contributed by atoms with E-state index in [-0.39, 0.29) is 11.0 Å². The molecule has 2 aromatic rings. The number of carbonyl (C=O) groups is 1. The third-order valence-electron chi connectivity index (χ3n) is 2.32. The van der Waals surface area contributed by atoms with Crippen molar-refractivity contribution in [2.75, 3.05) is 6.26 Å². The fourth-order valence-corrected chi connectivity index (χ4v) is 4.26. The number of Topliss-reactive ketones (excluding diaryl/α,β-unsaturated/α-hetero) is 1. The van der Waals surface area contributed by atoms with Crippen molar-refractivity contribution in [1.82, 2.24) is 10.2 Å². The van der Waals surface area contributed by atoms with E-state index in [9.17, 15) is 4.79 Å². The molecule has 0 aliphatic heterocycles. The second-order valence-electron chi connectivity index (χ2n) is 3.67. The highest BCUT2D eigenvalue weighted by molar-refractivity contribution is 8.03. The molecular weight excluding hydrogens is 320 g/mol. The van der Waals surface area contributed by atoms with E-state index in [4.69, 9.17) is 11.6 Å². The molecular formula is C12H11ClN2OS3. The van der Waals surface area contributed by atoms with Gasteiger partial charge in [0, 0.05) is 10.6 Å². The number of thioether (sulfide) groups is 2. The maximum atomic E-state index is 12.2. The Labute approximate surface area is 129 Å². The molecule has 0 aliphatic rings. The number of benzene rings is 1. The van der Waals surface area contributed by atoms with Gasteiger partial charge in [-0.15, -0.1) is 10.2 Å². The van der Waals surface area contributed by atoms with Crippen molar-refractivity contribution in [2.45, 2.75) is 20.9 Å². The van der Waals surface area contributed by atoms with Crippen molar-refractivity contribution in [3.63, 3.8) is 0 Å². The van der Waals surface area contributed by atoms with Crippen LogP contribution < -0.4 is 0 Å². The highest BCUT2D eigenvalue weighted by Gasteiger charge is 2.18. The highest BCUT2D eigenvalue weighted by atomic mass is 35.5. The molecule has 0 aliphatic carbocycles. The zero-order valence-electron chi connectivity index (χ0n) is 10.3. The molecule has 0 fully saturated rings. The molecule has 0 bridgehead atoms. The van der Waals surface area contributed by atoms with Gasteiger partial charge in [0.2, 0.25) is 0 Å². The summed E-state index contributed by atoms with van der Waals surface area (Å²) in [6, 6.07) is 7.00. The van der Waals surface area contributed by atoms with Crippen LogP contribution in [0.2, 0.25) is 5.02 Å². The van der Waals surface area contributed by atoms with Crippen LogP contribution in [0, 0.1) is 0 Å². The Bertz CT molecular complexity index is 588. The number of halogens is 1. The largest absolute Gasteiger partial charge is 0.293 e. The molecule has 100 valence electrons. The highest BCUT2D eigenvalue weighted by Crippen LogP contribution is 2.31. The number of carbonyl (C=O) groups excluding carboxylic acids is 1. The quantitative estimate of drug-likeness (QED) is 0.604. The molecule has 1 atom stereocenters. The first-order valence-electron chi connectivity index (χ1n) is 5.44. The van der Waals surface area contributed by atoms with Crippen LogP contribution in [0.5, 0.6) is 0 Å². The molecule has 0 N–H and O–H groups in total. The fourth-order valence-electron chi connectivity index (χ4n) is 1.41. The van der Waals surface area contributed by atoms with E-state index in [2.05, 4.69) is 10.2 Å². The Morgan fingerprint density at radius 3 is 2.74 bits per heavy atom. The molecule has 1 aromatic heterocycles. The predicted molar refractivity (Wildman–Crippen MR) is 82.8 cm³/mol. The van der Waals surface area contributed by atoms with E-state index in [0.717, 1.165) is 8.68 Å². The third kappa shape index (κ3) is 3.95. The number of ketones is 1. The summed E-state index contributed by atoms with van der Waals surface area (Å²) in [4.78, 5) is 12.2. The van der Waals surface area contributed by atoms with Crippen molar-refractivity contribution in [2.24, 2.45) is 0 Å². The van der Waals surface area contributed by atoms with Gasteiger partial charge in [0.1, 0.15) is 0 Å². The van der Waals surface area contributed by atoms with Crippen LogP contribution in [0.1, 0.15) is 17.3 Å². The van der Waals surface area contributed by atoms with Gasteiger partial charge in [-0.2, -0.15) is 0 Å². The molecule has 0 amide bonds. The second kappa shape index (κ2) is 6.74. The molecule has 19 heavy (non-hydrogen) atoms. The van der Waals surface area contributed by atoms with E-state index in [1.165, 1.54) is 23.1 Å². The number of rotatable bonds is 5. The topological polar surface area (TPSA) is 42.9 Å². The second-order valence-corrected chi connectivity index (χ2v) is 7.73. The zero-order valence-corrected chi connectivity index (χ0v) is 13.5. The van der Waals surface area contributed by atoms with E-state index in [0.29, 0.717) is 10.6 Å². The molecule has 2 rings (SSSR count). The average molecular weight is 331 g/mol. The molecule has 0 radical (unpaired) electrons. The van der Waals surface area contributed by atoms with Gasteiger partial charge in [-0.3, -0.25) is 4.79 Å². The van der Waals surface area contributed by atoms with E-state index >= 15 is 0 Å². The van der Waals surface area contributed by atoms with Crippen molar-refractivity contribution < 1.29 is 4.79 Å². The Morgan fingerprint density at radius 2 is 2.11 bits per heavy atom. The minimum absolute atomic E-state index is 0.0494. The number of hydrogen-bond acceptors (Lipinski definition) is 6. The summed E-state index contributed by atoms with van der Waals surface area (Å²) in [6.07, 6.45) is 1.95. The van der Waals surface area contributed by atoms with Gasteiger partial charge in [0.05, 0.1) is 5.25 Å². The van der Waals surface area contributed by atoms with Crippen LogP contribution in [-0.2, 0) is 0 Å². The predicted octanol–water partition coefficient (Wildman–Crippen LogP) is 4.28. The van der Waals surface area contributed by atoms with E-state index in [1.54, 1.807) is 36.0 Å². The monoisotopic (exact) mass is 330 g/mol. The molecule has 7 heteroatoms. The standard InChI is InChI=1S/C12H11ClN2OS3/c1-7(18-12-15-14-11(17-2)19-12)10(16)8-4-3-5-9(13)6-8/h3-7H,1-2H3/t7-/m1/s1. The summed E-state index contributed by atoms with van der Waals surface area (Å²) < 4.78 is 1.72. The number of aromatic nitrogens is 2. The van der Waals surface area contributed by atoms with Crippen LogP contribution in [0.4, 0.5) is 0 Å². The van der Waals surface area contributed by atoms with Crippen LogP contribution >= 0.6 is 46.5 Å². The van der Waals surface area contributed by atoms with Gasteiger partial charge in [-0.1, -0.05) is 58.6 Å². The lowest BCUT2D eigenvalue weighted by Crippen LogP contribution is -2.13. The summed E-state index contributed by atoms with van der Waals surface area (Å²) in [5.74, 6) is 0.0494. The fraction of sp³-hybridized carbons (Fsp3) is 0.250. The lowest BCUT2D eigenvalue weighted by molar-refractivity contribution is 0.0994. The van der Waals surface area contributed by atoms with Gasteiger partial charge in [-0.05, 0) is 25.3 Å². The normalized spacial score (nSPS) is 12.4. The van der Waals surface area contributed by atoms with Crippen molar-refractivity contribution >= 4 is 52.2 Å². The molecule has 0 unspecified atom stereocenters. The zero-order chi connectivity index (χ0) is 13.8. The Kier molecular flexibility index (Phi) is 5.27. The first-order valence-corrected chi connectivity index (χ1v) is 8.74. The summed E-state index contributed by atoms with van der Waals surface area (Å²) in [6.45, 7) is 1.87. The van der Waals surface area contributed by atoms with Crippen LogP contribution in [0.15, 0.2) is 32.9 Å². The van der Waals surface area contributed by atoms with E-state index in [1.807, 2.05) is 13.2 Å². The molecule has 0 saturated carbocycles. The Hall–Kier alpha value is -0.560. The summed E-state index contributed by atoms with van der Waals surface area (Å²) >= 11 is 10.4. The van der Waals surface area contributed by atoms with E-state index < -0.39 is 0 Å². The first kappa shape index (κ1) is 14.8. The smallest absolute Gasteiger partial charge is 0.176 e. The van der Waals surface area contributed by atoms with Crippen molar-refractivity contribution in [3.8, 4) is 0 Å². The summed E-state index contributed by atoms with van der Waals surface area (Å²) in [5.41, 5.74) is 0.627. The van der Waals surface area contributed by atoms with Gasteiger partial charge >= 0.3 is 0 Å². The Morgan fingerprint density at radius 1 is 1.37 bits per heavy atom. The number of hydrogen-bond donors (Lipinski definition) is 0. The Balaban J connectivity index is 2.07. The van der Waals surface area contributed by atoms with Gasteiger partial charge in [-0.25, -0.2) is 0 Å². The third-order valence-corrected chi connectivity index (χ3v) is 5.64. The molecule has 3 nitrogen and oxygen atoms in total. The molecule has 1 heterocycles. The lowest BCUT2D eigenvalue weighted by Gasteiger charge is -2.07. The molecule has 0 spiro atoms. The maximum Gasteiger partial charge on any atom is 0.176 e. The SMILES string of the molecule is CSc1nnc(S[C@H](C)C(=O)c2cccc(Cl)c2)s1. The molecule has 1 aromatic carbocycles. The van der Waals surface area contributed by atoms with Crippen LogP contribution in [0.25, 0.3) is 0 Å². The van der Waals surface area contributed by atoms with Crippen molar-refractivity contribution in [1.29, 1.82) is 0 Å². The minimum atomic E-state index is -0.207. The molecule has 0 saturated heterocycles. The average Bonchev–Trinajstić information content (AvgIpc) is 2.85. The number of nitrogens with zero attached hydrogens (tertiary/aromatic N) is 2. The summed E-state index contributed by atoms with van der Waals surface area (Å²) in [5, 5.41) is 8.43. The van der Waals surface area contributed by atoms with Crippen LogP contribution in [-0.4, -0.2) is 27.5 Å². The summed E-state index contributed by atoms with van der Waals surface area (Å²) in [7, 11) is 0. The first-order chi connectivity index (χ1) is 9.10. The van der Waals surface area contributed by atoms with Gasteiger partial charge < -0.3 is 0 Å².